The van der Waals surface area contributed by atoms with Crippen molar-refractivity contribution in [2.75, 3.05) is 68.8 Å². The second-order valence-corrected chi connectivity index (χ2v) is 14.0. The van der Waals surface area contributed by atoms with Crippen molar-refractivity contribution in [1.82, 2.24) is 30.0 Å². The van der Waals surface area contributed by atoms with Crippen molar-refractivity contribution in [2.45, 2.75) is 38.4 Å². The maximum absolute atomic E-state index is 15.4. The van der Waals surface area contributed by atoms with Gasteiger partial charge in [0.15, 0.2) is 12.4 Å². The number of carbonyl (C=O) groups excluding carboxylic acids is 1. The normalized spacial score (nSPS) is 19.4. The van der Waals surface area contributed by atoms with Crippen LogP contribution in [0.4, 0.5) is 29.3 Å². The number of aromatic amines is 1. The van der Waals surface area contributed by atoms with Gasteiger partial charge in [0.05, 0.1) is 11.7 Å². The van der Waals surface area contributed by atoms with Crippen LogP contribution in [0.3, 0.4) is 0 Å². The second kappa shape index (κ2) is 12.0. The first-order valence-electron chi connectivity index (χ1n) is 17.0. The van der Waals surface area contributed by atoms with Gasteiger partial charge in [-0.3, -0.25) is 14.8 Å². The third-order valence-corrected chi connectivity index (χ3v) is 11.0. The molecule has 0 bridgehead atoms. The summed E-state index contributed by atoms with van der Waals surface area (Å²) in [6, 6.07) is 3.51. The molecule has 0 radical (unpaired) electrons. The highest BCUT2D eigenvalue weighted by Crippen LogP contribution is 2.48. The molecule has 4 aliphatic rings. The number of carbonyl (C=O) groups is 1. The summed E-state index contributed by atoms with van der Waals surface area (Å²) in [5.74, 6) is 0.288. The van der Waals surface area contributed by atoms with Crippen LogP contribution in [0.25, 0.3) is 39.0 Å². The van der Waals surface area contributed by atoms with Crippen molar-refractivity contribution in [3.05, 3.63) is 54.5 Å². The van der Waals surface area contributed by atoms with Crippen LogP contribution >= 0.6 is 0 Å². The summed E-state index contributed by atoms with van der Waals surface area (Å²) < 4.78 is 62.9. The molecule has 10 nitrogen and oxygen atoms in total. The molecule has 1 spiro atoms. The van der Waals surface area contributed by atoms with Gasteiger partial charge in [-0.25, -0.2) is 9.37 Å². The van der Waals surface area contributed by atoms with Crippen LogP contribution in [0, 0.1) is 18.2 Å². The number of likely N-dealkylation sites (tertiary alicyclic amines) is 2. The quantitative estimate of drug-likeness (QED) is 0.186. The Morgan fingerprint density at radius 3 is 2.44 bits per heavy atom. The van der Waals surface area contributed by atoms with Gasteiger partial charge in [-0.2, -0.15) is 23.3 Å². The molecule has 50 heavy (non-hydrogen) atoms. The van der Waals surface area contributed by atoms with Gasteiger partial charge >= 0.3 is 6.18 Å². The first-order valence-corrected chi connectivity index (χ1v) is 17.0. The summed E-state index contributed by atoms with van der Waals surface area (Å²) in [6.45, 7) is 13.8. The fourth-order valence-electron chi connectivity index (χ4n) is 7.92. The molecule has 14 heteroatoms. The number of fused-ring (bicyclic) bond motifs is 2. The number of amides is 1. The lowest BCUT2D eigenvalue weighted by Crippen LogP contribution is -2.63. The predicted octanol–water partition coefficient (Wildman–Crippen LogP) is 5.71. The van der Waals surface area contributed by atoms with E-state index in [9.17, 15) is 18.0 Å². The average Bonchev–Trinajstić information content (AvgIpc) is 3.50. The van der Waals surface area contributed by atoms with Gasteiger partial charge in [0.2, 0.25) is 11.9 Å². The van der Waals surface area contributed by atoms with Crippen LogP contribution in [0.1, 0.15) is 30.4 Å². The minimum absolute atomic E-state index is 0.00799. The van der Waals surface area contributed by atoms with Crippen LogP contribution in [-0.4, -0.2) is 107 Å². The second-order valence-electron chi connectivity index (χ2n) is 14.0. The number of H-pyrrole nitrogens is 1. The van der Waals surface area contributed by atoms with E-state index >= 15 is 4.39 Å². The van der Waals surface area contributed by atoms with E-state index in [4.69, 9.17) is 14.7 Å². The lowest BCUT2D eigenvalue weighted by molar-refractivity contribution is -0.153. The van der Waals surface area contributed by atoms with E-state index < -0.39 is 18.6 Å². The molecule has 0 atom stereocenters. The first kappa shape index (κ1) is 32.5. The number of alkyl halides is 3. The van der Waals surface area contributed by atoms with Crippen molar-refractivity contribution < 1.29 is 27.1 Å². The zero-order chi connectivity index (χ0) is 34.9. The number of benzene rings is 2. The smallest absolute Gasteiger partial charge is 0.422 e. The summed E-state index contributed by atoms with van der Waals surface area (Å²) in [5, 5.41) is 7.94. The number of ether oxygens (including phenoxy) is 1. The van der Waals surface area contributed by atoms with E-state index in [1.807, 2.05) is 6.07 Å². The first-order chi connectivity index (χ1) is 24.0. The fourth-order valence-corrected chi connectivity index (χ4v) is 7.92. The van der Waals surface area contributed by atoms with Crippen molar-refractivity contribution >= 4 is 45.6 Å². The van der Waals surface area contributed by atoms with Crippen molar-refractivity contribution in [2.24, 2.45) is 5.41 Å². The number of anilines is 2. The molecular formula is C36H38F4N8O2. The summed E-state index contributed by atoms with van der Waals surface area (Å²) in [7, 11) is 0. The molecule has 4 saturated heterocycles. The molecule has 1 N–H and O–H groups in total. The third-order valence-electron chi connectivity index (χ3n) is 11.0. The van der Waals surface area contributed by atoms with Crippen molar-refractivity contribution in [1.29, 1.82) is 0 Å². The van der Waals surface area contributed by atoms with E-state index in [1.54, 1.807) is 17.9 Å². The Kier molecular flexibility index (Phi) is 7.77. The van der Waals surface area contributed by atoms with Gasteiger partial charge in [-0.1, -0.05) is 19.2 Å². The summed E-state index contributed by atoms with van der Waals surface area (Å²) in [4.78, 5) is 30.6. The zero-order valence-corrected chi connectivity index (χ0v) is 27.8. The van der Waals surface area contributed by atoms with E-state index in [-0.39, 0.29) is 33.7 Å². The predicted molar refractivity (Wildman–Crippen MR) is 184 cm³/mol. The summed E-state index contributed by atoms with van der Waals surface area (Å²) >= 11 is 0. The van der Waals surface area contributed by atoms with Gasteiger partial charge < -0.3 is 19.4 Å². The monoisotopic (exact) mass is 690 g/mol. The lowest BCUT2D eigenvalue weighted by atomic mass is 9.72. The highest BCUT2D eigenvalue weighted by Gasteiger charge is 2.47. The Bertz CT molecular complexity index is 2020. The van der Waals surface area contributed by atoms with Crippen molar-refractivity contribution in [3.63, 3.8) is 0 Å². The van der Waals surface area contributed by atoms with Gasteiger partial charge in [0.1, 0.15) is 17.2 Å². The zero-order valence-electron chi connectivity index (χ0n) is 27.8. The summed E-state index contributed by atoms with van der Waals surface area (Å²) in [6.07, 6.45) is 2.57. The standard InChI is InChI=1S/C36H38F4N8O2/c1-4-22-13-24-31(32(50-20-36(38,39)40)30(22)29-21(3)26(37)14-27-25(29)15-41-44-27)42-34(47-16-23(17-47)45-9-6-10-45)43-33(24)46-11-7-35(8-12-46)18-48(19-35)28(49)5-2/h4-5,13-15,23H,1-2,6-12,16-20H2,3H3,(H,41,44). The Morgan fingerprint density at radius 2 is 1.80 bits per heavy atom. The van der Waals surface area contributed by atoms with Gasteiger partial charge in [-0.15, -0.1) is 0 Å². The number of nitrogens with one attached hydrogen (secondary N) is 1. The maximum atomic E-state index is 15.4. The molecule has 2 aromatic carbocycles. The van der Waals surface area contributed by atoms with E-state index in [1.165, 1.54) is 24.8 Å². The van der Waals surface area contributed by atoms with E-state index in [0.717, 1.165) is 25.9 Å². The number of hydrogen-bond donors (Lipinski definition) is 1. The highest BCUT2D eigenvalue weighted by molar-refractivity contribution is 6.07. The van der Waals surface area contributed by atoms with Gasteiger partial charge in [-0.05, 0) is 68.6 Å². The lowest BCUT2D eigenvalue weighted by Gasteiger charge is -2.54. The Labute approximate surface area is 286 Å². The molecule has 0 aliphatic carbocycles. The topological polar surface area (TPSA) is 93.7 Å². The van der Waals surface area contributed by atoms with Crippen LogP contribution in [-0.2, 0) is 4.79 Å². The third kappa shape index (κ3) is 5.44. The summed E-state index contributed by atoms with van der Waals surface area (Å²) in [5.41, 5.74) is 1.93. The van der Waals surface area contributed by atoms with Crippen LogP contribution < -0.4 is 14.5 Å². The largest absolute Gasteiger partial charge is 0.481 e. The molecule has 262 valence electrons. The number of piperidine rings is 1. The Morgan fingerprint density at radius 1 is 1.06 bits per heavy atom. The molecule has 0 unspecified atom stereocenters. The average molecular weight is 691 g/mol. The van der Waals surface area contributed by atoms with Crippen LogP contribution in [0.15, 0.2) is 37.6 Å². The fraction of sp³-hybridized carbons (Fsp3) is 0.444. The molecule has 4 aliphatic heterocycles. The Balaban J connectivity index is 1.28. The molecule has 4 fully saturated rings. The Hall–Kier alpha value is -4.72. The van der Waals surface area contributed by atoms with Gasteiger partial charge in [0, 0.05) is 72.6 Å². The number of nitrogens with zero attached hydrogens (tertiary/aromatic N) is 7. The molecule has 4 aromatic rings. The molecular weight excluding hydrogens is 652 g/mol. The SMILES string of the molecule is C=CC(=O)N1CC2(CCN(c3nc(N4CC(N5CCC5)C4)nc4c(OCC(F)(F)F)c(-c5c(C)c(F)cc6[nH]ncc56)c(C=C)cc34)CC2)C1. The molecule has 6 heterocycles. The number of aromatic nitrogens is 4. The van der Waals surface area contributed by atoms with Crippen LogP contribution in [0.2, 0.25) is 0 Å². The van der Waals surface area contributed by atoms with E-state index in [0.29, 0.717) is 84.5 Å². The maximum Gasteiger partial charge on any atom is 0.422 e. The molecule has 2 aromatic heterocycles. The molecule has 1 amide bonds. The minimum Gasteiger partial charge on any atom is -0.481 e. The number of rotatable bonds is 8. The highest BCUT2D eigenvalue weighted by atomic mass is 19.4. The number of hydrogen-bond acceptors (Lipinski definition) is 8. The van der Waals surface area contributed by atoms with Crippen LogP contribution in [0.5, 0.6) is 5.75 Å². The molecule has 0 saturated carbocycles. The number of halogens is 4. The molecule has 8 rings (SSSR count). The van der Waals surface area contributed by atoms with Gasteiger partial charge in [0.25, 0.3) is 0 Å². The minimum atomic E-state index is -4.65. The van der Waals surface area contributed by atoms with E-state index in [2.05, 4.69) is 38.1 Å². The van der Waals surface area contributed by atoms with Crippen molar-refractivity contribution in [3.8, 4) is 16.9 Å².